The molecule has 0 aliphatic heterocycles. The van der Waals surface area contributed by atoms with Crippen LogP contribution in [0.15, 0.2) is 24.3 Å². The first-order valence-corrected chi connectivity index (χ1v) is 4.78. The normalized spacial score (nSPS) is 14.5. The molecule has 0 fully saturated rings. The summed E-state index contributed by atoms with van der Waals surface area (Å²) < 4.78 is 16.3. The lowest BCUT2D eigenvalue weighted by atomic mass is 10.2. The molecule has 1 N–H and O–H groups in total. The predicted molar refractivity (Wildman–Crippen MR) is 46.3 cm³/mol. The van der Waals surface area contributed by atoms with Gasteiger partial charge >= 0.3 is 0 Å². The maximum Gasteiger partial charge on any atom is 0.178 e. The topological polar surface area (TPSA) is 71.4 Å². The lowest BCUT2D eigenvalue weighted by molar-refractivity contribution is -0.113. The van der Waals surface area contributed by atoms with Gasteiger partial charge in [0.05, 0.1) is 0 Å². The summed E-state index contributed by atoms with van der Waals surface area (Å²) in [6.07, 6.45) is 5.01. The molecule has 0 radical (unpaired) electrons. The van der Waals surface area contributed by atoms with Crippen molar-refractivity contribution in [2.24, 2.45) is 0 Å². The Balaban J connectivity index is 0.000000261. The molecule has 0 spiro atoms. The van der Waals surface area contributed by atoms with E-state index in [0.29, 0.717) is 0 Å². The number of carbonyl (C=O) groups excluding carboxylic acids is 2. The molecule has 0 aromatic heterocycles. The van der Waals surface area contributed by atoms with Gasteiger partial charge < -0.3 is 8.76 Å². The van der Waals surface area contributed by atoms with Crippen LogP contribution in [0.4, 0.5) is 0 Å². The average molecular weight is 205 g/mol. The Hall–Kier alpha value is -0.850. The summed E-state index contributed by atoms with van der Waals surface area (Å²) in [4.78, 5) is 20.6. The molecule has 1 rings (SSSR count). The van der Waals surface area contributed by atoms with Gasteiger partial charge in [0.1, 0.15) is 0 Å². The zero-order valence-corrected chi connectivity index (χ0v) is 7.43. The fourth-order valence-corrected chi connectivity index (χ4v) is 0.440. The van der Waals surface area contributed by atoms with Crippen LogP contribution in [0.3, 0.4) is 0 Å². The van der Waals surface area contributed by atoms with E-state index >= 15 is 0 Å². The molecule has 1 aliphatic rings. The lowest BCUT2D eigenvalue weighted by Gasteiger charge is -1.87. The summed E-state index contributed by atoms with van der Waals surface area (Å²) >= 11 is 3.65. The monoisotopic (exact) mass is 205 g/mol. The largest absolute Gasteiger partial charge is 0.459 e. The summed E-state index contributed by atoms with van der Waals surface area (Å²) in [6, 6.07) is 0. The van der Waals surface area contributed by atoms with Gasteiger partial charge in [0.15, 0.2) is 11.6 Å². The van der Waals surface area contributed by atoms with Crippen LogP contribution in [0.2, 0.25) is 0 Å². The van der Waals surface area contributed by atoms with E-state index in [1.165, 1.54) is 24.3 Å². The molecule has 4 nitrogen and oxygen atoms in total. The molecular formula is C6H5O4S2-. The van der Waals surface area contributed by atoms with Crippen LogP contribution in [0.25, 0.3) is 0 Å². The molecule has 0 saturated heterocycles. The molecule has 0 heterocycles. The van der Waals surface area contributed by atoms with E-state index in [1.807, 2.05) is 0 Å². The minimum absolute atomic E-state index is 0.121. The SMILES string of the molecule is O=C1C=CC(=O)C=C1.O=[S-](O)=S. The van der Waals surface area contributed by atoms with E-state index < -0.39 is 9.64 Å². The van der Waals surface area contributed by atoms with Crippen molar-refractivity contribution in [1.29, 1.82) is 0 Å². The highest BCUT2D eigenvalue weighted by atomic mass is 32.8. The van der Waals surface area contributed by atoms with Crippen molar-refractivity contribution in [3.8, 4) is 0 Å². The molecule has 6 heteroatoms. The van der Waals surface area contributed by atoms with E-state index in [0.717, 1.165) is 0 Å². The summed E-state index contributed by atoms with van der Waals surface area (Å²) in [7, 11) is -2.03. The molecule has 0 bridgehead atoms. The number of ketones is 2. The Labute approximate surface area is 75.5 Å². The maximum atomic E-state index is 10.3. The molecule has 0 aromatic rings. The Bertz CT molecular complexity index is 266. The third kappa shape index (κ3) is 7.26. The minimum Gasteiger partial charge on any atom is -0.459 e. The van der Waals surface area contributed by atoms with Gasteiger partial charge in [-0.15, -0.1) is 0 Å². The Morgan fingerprint density at radius 3 is 1.42 bits per heavy atom. The molecular weight excluding hydrogens is 200 g/mol. The van der Waals surface area contributed by atoms with Gasteiger partial charge in [-0.3, -0.25) is 9.59 Å². The van der Waals surface area contributed by atoms with E-state index in [2.05, 4.69) is 11.2 Å². The van der Waals surface area contributed by atoms with E-state index in [-0.39, 0.29) is 11.6 Å². The molecule has 0 unspecified atom stereocenters. The average Bonchev–Trinajstić information content (AvgIpc) is 1.94. The summed E-state index contributed by atoms with van der Waals surface area (Å²) in [6.45, 7) is 0. The van der Waals surface area contributed by atoms with Crippen molar-refractivity contribution in [3.05, 3.63) is 24.3 Å². The summed E-state index contributed by atoms with van der Waals surface area (Å²) in [5.41, 5.74) is 0. The van der Waals surface area contributed by atoms with Crippen molar-refractivity contribution >= 4 is 32.4 Å². The van der Waals surface area contributed by atoms with Gasteiger partial charge in [0.2, 0.25) is 0 Å². The maximum absolute atomic E-state index is 10.3. The predicted octanol–water partition coefficient (Wildman–Crippen LogP) is 0.136. The number of rotatable bonds is 0. The molecule has 0 aromatic carbocycles. The number of hydrogen-bond acceptors (Lipinski definition) is 5. The smallest absolute Gasteiger partial charge is 0.178 e. The Kier molecular flexibility index (Phi) is 5.35. The van der Waals surface area contributed by atoms with E-state index in [9.17, 15) is 9.59 Å². The fourth-order valence-electron chi connectivity index (χ4n) is 0.440. The quantitative estimate of drug-likeness (QED) is 0.346. The van der Waals surface area contributed by atoms with Crippen molar-refractivity contribution in [2.45, 2.75) is 0 Å². The lowest BCUT2D eigenvalue weighted by Crippen LogP contribution is -1.97. The standard InChI is InChI=1S/C6H4O2.HO2S2/c7-5-1-2-6(8)4-3-5;1-4(2)3/h1-4H;(H,1,2,3)/q;-1. The first kappa shape index (κ1) is 11.2. The van der Waals surface area contributed by atoms with Crippen molar-refractivity contribution in [3.63, 3.8) is 0 Å². The van der Waals surface area contributed by atoms with Crippen LogP contribution >= 0.6 is 0 Å². The minimum atomic E-state index is -2.03. The second kappa shape index (κ2) is 5.76. The van der Waals surface area contributed by atoms with E-state index in [4.69, 9.17) is 8.76 Å². The van der Waals surface area contributed by atoms with Crippen LogP contribution in [-0.4, -0.2) is 16.1 Å². The Morgan fingerprint density at radius 1 is 1.08 bits per heavy atom. The molecule has 1 aliphatic carbocycles. The Morgan fingerprint density at radius 2 is 1.25 bits per heavy atom. The number of allylic oxidation sites excluding steroid dienone is 4. The second-order valence-corrected chi connectivity index (χ2v) is 2.98. The number of carbonyl (C=O) groups is 2. The second-order valence-electron chi connectivity index (χ2n) is 1.69. The van der Waals surface area contributed by atoms with Crippen LogP contribution in [0, 0.1) is 0 Å². The third-order valence-electron chi connectivity index (χ3n) is 0.824. The van der Waals surface area contributed by atoms with E-state index in [1.54, 1.807) is 0 Å². The van der Waals surface area contributed by atoms with Crippen LogP contribution < -0.4 is 0 Å². The van der Waals surface area contributed by atoms with Gasteiger partial charge in [-0.2, -0.15) is 0 Å². The zero-order valence-electron chi connectivity index (χ0n) is 5.80. The number of hydrogen-bond donors (Lipinski definition) is 1. The van der Waals surface area contributed by atoms with Gasteiger partial charge in [0, 0.05) is 0 Å². The highest BCUT2D eigenvalue weighted by molar-refractivity contribution is 8.18. The third-order valence-corrected chi connectivity index (χ3v) is 0.824. The summed E-state index contributed by atoms with van der Waals surface area (Å²) in [5, 5.41) is 0. The molecule has 0 amide bonds. The summed E-state index contributed by atoms with van der Waals surface area (Å²) in [5.74, 6) is -0.241. The van der Waals surface area contributed by atoms with Gasteiger partial charge in [-0.1, -0.05) is 9.64 Å². The highest BCUT2D eigenvalue weighted by Gasteiger charge is 1.97. The molecule has 66 valence electrons. The van der Waals surface area contributed by atoms with Gasteiger partial charge in [-0.05, 0) is 24.3 Å². The van der Waals surface area contributed by atoms with Gasteiger partial charge in [0.25, 0.3) is 0 Å². The van der Waals surface area contributed by atoms with Crippen molar-refractivity contribution in [2.75, 3.05) is 0 Å². The molecule has 0 atom stereocenters. The van der Waals surface area contributed by atoms with Crippen LogP contribution in [0.5, 0.6) is 0 Å². The van der Waals surface area contributed by atoms with Crippen LogP contribution in [0.1, 0.15) is 0 Å². The first-order valence-electron chi connectivity index (χ1n) is 2.75. The molecule has 12 heavy (non-hydrogen) atoms. The first-order chi connectivity index (χ1) is 5.52. The fraction of sp³-hybridized carbons (Fsp3) is 0. The molecule has 0 saturated carbocycles. The van der Waals surface area contributed by atoms with Gasteiger partial charge in [-0.25, -0.2) is 11.2 Å². The highest BCUT2D eigenvalue weighted by Crippen LogP contribution is 1.90. The van der Waals surface area contributed by atoms with Crippen molar-refractivity contribution in [1.82, 2.24) is 0 Å². The van der Waals surface area contributed by atoms with Crippen LogP contribution in [-0.2, 0) is 34.6 Å². The zero-order chi connectivity index (χ0) is 9.56. The van der Waals surface area contributed by atoms with Crippen molar-refractivity contribution < 1.29 is 18.4 Å².